The van der Waals surface area contributed by atoms with Gasteiger partial charge in [0.15, 0.2) is 0 Å². The Balaban J connectivity index is 2.20. The molecule has 1 amide bonds. The van der Waals surface area contributed by atoms with E-state index in [0.29, 0.717) is 16.8 Å². The summed E-state index contributed by atoms with van der Waals surface area (Å²) in [6, 6.07) is 2.07. The Kier molecular flexibility index (Phi) is 4.88. The highest BCUT2D eigenvalue weighted by molar-refractivity contribution is 6.31. The van der Waals surface area contributed by atoms with Crippen LogP contribution in [0.4, 0.5) is 0 Å². The van der Waals surface area contributed by atoms with Gasteiger partial charge in [-0.3, -0.25) is 4.79 Å². The number of likely N-dealkylation sites (N-methyl/N-ethyl adjacent to an activating group) is 1. The molecule has 0 radical (unpaired) electrons. The van der Waals surface area contributed by atoms with Crippen LogP contribution < -0.4 is 5.32 Å². The van der Waals surface area contributed by atoms with Gasteiger partial charge >= 0.3 is 0 Å². The van der Waals surface area contributed by atoms with Crippen molar-refractivity contribution in [2.24, 2.45) is 0 Å². The highest BCUT2D eigenvalue weighted by Crippen LogP contribution is 2.22. The number of hydrogen-bond donors (Lipinski definition) is 1. The summed E-state index contributed by atoms with van der Waals surface area (Å²) in [6.07, 6.45) is 5.19. The summed E-state index contributed by atoms with van der Waals surface area (Å²) in [5.41, 5.74) is 0.704. The van der Waals surface area contributed by atoms with Gasteiger partial charge in [0.25, 0.3) is 5.91 Å². The molecule has 2 rings (SSSR count). The number of likely N-dealkylation sites (tertiary alicyclic amines) is 1. The fourth-order valence-corrected chi connectivity index (χ4v) is 3.00. The molecule has 4 nitrogen and oxygen atoms in total. The second-order valence-electron chi connectivity index (χ2n) is 5.04. The summed E-state index contributed by atoms with van der Waals surface area (Å²) in [7, 11) is 1.93. The number of aromatic nitrogens is 1. The van der Waals surface area contributed by atoms with Crippen LogP contribution in [0.15, 0.2) is 12.3 Å². The Labute approximate surface area is 119 Å². The van der Waals surface area contributed by atoms with E-state index in [0.717, 1.165) is 32.5 Å². The first-order valence-electron chi connectivity index (χ1n) is 6.98. The number of carbonyl (C=O) groups is 1. The lowest BCUT2D eigenvalue weighted by Crippen LogP contribution is -2.48. The second kappa shape index (κ2) is 6.44. The number of hydrogen-bond acceptors (Lipinski definition) is 2. The maximum atomic E-state index is 12.7. The van der Waals surface area contributed by atoms with E-state index < -0.39 is 0 Å². The van der Waals surface area contributed by atoms with Gasteiger partial charge in [0.05, 0.1) is 5.02 Å². The smallest absolute Gasteiger partial charge is 0.270 e. The number of halogens is 1. The minimum Gasteiger partial charge on any atom is -0.342 e. The van der Waals surface area contributed by atoms with Crippen molar-refractivity contribution in [3.05, 3.63) is 23.0 Å². The number of nitrogens with zero attached hydrogens (tertiary/aromatic N) is 2. The highest BCUT2D eigenvalue weighted by Gasteiger charge is 2.28. The van der Waals surface area contributed by atoms with E-state index in [1.165, 1.54) is 6.42 Å². The van der Waals surface area contributed by atoms with Crippen LogP contribution in [0.3, 0.4) is 0 Å². The van der Waals surface area contributed by atoms with Crippen LogP contribution in [0.5, 0.6) is 0 Å². The van der Waals surface area contributed by atoms with E-state index in [1.54, 1.807) is 6.07 Å². The molecule has 1 atom stereocenters. The molecular formula is C14H22ClN3O. The first-order valence-corrected chi connectivity index (χ1v) is 7.36. The fourth-order valence-electron chi connectivity index (χ4n) is 2.78. The molecule has 1 fully saturated rings. The van der Waals surface area contributed by atoms with Gasteiger partial charge in [0.1, 0.15) is 5.69 Å². The molecule has 1 saturated heterocycles. The number of aryl methyl sites for hydroxylation is 1. The van der Waals surface area contributed by atoms with E-state index in [4.69, 9.17) is 11.6 Å². The average molecular weight is 284 g/mol. The molecule has 1 aromatic heterocycles. The van der Waals surface area contributed by atoms with Gasteiger partial charge in [-0.25, -0.2) is 0 Å². The van der Waals surface area contributed by atoms with Gasteiger partial charge in [-0.05, 0) is 39.3 Å². The van der Waals surface area contributed by atoms with Crippen LogP contribution >= 0.6 is 11.6 Å². The summed E-state index contributed by atoms with van der Waals surface area (Å²) in [6.45, 7) is 4.48. The first kappa shape index (κ1) is 14.4. The Hall–Kier alpha value is -1.00. The molecule has 19 heavy (non-hydrogen) atoms. The molecule has 2 heterocycles. The van der Waals surface area contributed by atoms with E-state index >= 15 is 0 Å². The van der Waals surface area contributed by atoms with Crippen molar-refractivity contribution in [2.75, 3.05) is 20.1 Å². The summed E-state index contributed by atoms with van der Waals surface area (Å²) < 4.78 is 1.93. The fraction of sp³-hybridized carbons (Fsp3) is 0.643. The lowest BCUT2D eigenvalue weighted by molar-refractivity contribution is 0.0604. The Morgan fingerprint density at radius 3 is 3.00 bits per heavy atom. The largest absolute Gasteiger partial charge is 0.342 e. The van der Waals surface area contributed by atoms with Crippen LogP contribution in [0.25, 0.3) is 0 Å². The molecule has 1 aliphatic rings. The lowest BCUT2D eigenvalue weighted by atomic mass is 10.0. The molecule has 0 saturated carbocycles. The van der Waals surface area contributed by atoms with Gasteiger partial charge in [-0.1, -0.05) is 11.6 Å². The van der Waals surface area contributed by atoms with Gasteiger partial charge in [0.2, 0.25) is 0 Å². The van der Waals surface area contributed by atoms with Crippen LogP contribution in [-0.2, 0) is 6.54 Å². The molecular weight excluding hydrogens is 262 g/mol. The Morgan fingerprint density at radius 2 is 2.32 bits per heavy atom. The second-order valence-corrected chi connectivity index (χ2v) is 5.47. The Morgan fingerprint density at radius 1 is 1.53 bits per heavy atom. The molecule has 0 aliphatic carbocycles. The predicted molar refractivity (Wildman–Crippen MR) is 77.7 cm³/mol. The van der Waals surface area contributed by atoms with Crippen LogP contribution in [0.2, 0.25) is 5.02 Å². The van der Waals surface area contributed by atoms with Gasteiger partial charge in [-0.15, -0.1) is 0 Å². The molecule has 0 aromatic carbocycles. The Bertz CT molecular complexity index is 442. The van der Waals surface area contributed by atoms with E-state index in [2.05, 4.69) is 5.32 Å². The monoisotopic (exact) mass is 283 g/mol. The number of rotatable bonds is 4. The molecule has 5 heteroatoms. The average Bonchev–Trinajstić information content (AvgIpc) is 2.80. The molecule has 0 spiro atoms. The van der Waals surface area contributed by atoms with Crippen molar-refractivity contribution in [1.29, 1.82) is 0 Å². The maximum absolute atomic E-state index is 12.7. The van der Waals surface area contributed by atoms with Crippen molar-refractivity contribution in [1.82, 2.24) is 14.8 Å². The van der Waals surface area contributed by atoms with Crippen LogP contribution in [0.1, 0.15) is 36.7 Å². The first-order chi connectivity index (χ1) is 9.17. The molecule has 1 unspecified atom stereocenters. The molecule has 1 aliphatic heterocycles. The van der Waals surface area contributed by atoms with Gasteiger partial charge in [-0.2, -0.15) is 0 Å². The van der Waals surface area contributed by atoms with Crippen molar-refractivity contribution in [2.45, 2.75) is 38.8 Å². The molecule has 1 N–H and O–H groups in total. The SMILES string of the molecule is CCn1cc(Cl)cc1C(=O)N1CCCCC1CNC. The summed E-state index contributed by atoms with van der Waals surface area (Å²) in [4.78, 5) is 14.7. The van der Waals surface area contributed by atoms with Gasteiger partial charge < -0.3 is 14.8 Å². The highest BCUT2D eigenvalue weighted by atomic mass is 35.5. The number of piperidine rings is 1. The van der Waals surface area contributed by atoms with Crippen molar-refractivity contribution < 1.29 is 4.79 Å². The van der Waals surface area contributed by atoms with Crippen molar-refractivity contribution in [3.8, 4) is 0 Å². The van der Waals surface area contributed by atoms with Crippen molar-refractivity contribution in [3.63, 3.8) is 0 Å². The van der Waals surface area contributed by atoms with E-state index in [9.17, 15) is 4.79 Å². The quantitative estimate of drug-likeness (QED) is 0.921. The third kappa shape index (κ3) is 3.12. The van der Waals surface area contributed by atoms with E-state index in [-0.39, 0.29) is 5.91 Å². The van der Waals surface area contributed by atoms with Crippen LogP contribution in [0, 0.1) is 0 Å². The molecule has 1 aromatic rings. The minimum absolute atomic E-state index is 0.105. The standard InChI is InChI=1S/C14H22ClN3O/c1-3-17-10-11(15)8-13(17)14(19)18-7-5-4-6-12(18)9-16-2/h8,10,12,16H,3-7,9H2,1-2H3. The molecule has 0 bridgehead atoms. The third-order valence-electron chi connectivity index (χ3n) is 3.75. The van der Waals surface area contributed by atoms with E-state index in [1.807, 2.05) is 29.6 Å². The predicted octanol–water partition coefficient (Wildman–Crippen LogP) is 2.38. The molecule has 106 valence electrons. The number of amides is 1. The summed E-state index contributed by atoms with van der Waals surface area (Å²) >= 11 is 6.02. The minimum atomic E-state index is 0.105. The summed E-state index contributed by atoms with van der Waals surface area (Å²) in [5, 5.41) is 3.81. The number of carbonyl (C=O) groups excluding carboxylic acids is 1. The lowest BCUT2D eigenvalue weighted by Gasteiger charge is -2.35. The van der Waals surface area contributed by atoms with Gasteiger partial charge in [0, 0.05) is 31.9 Å². The zero-order valence-electron chi connectivity index (χ0n) is 11.7. The van der Waals surface area contributed by atoms with Crippen molar-refractivity contribution >= 4 is 17.5 Å². The zero-order chi connectivity index (χ0) is 13.8. The summed E-state index contributed by atoms with van der Waals surface area (Å²) in [5.74, 6) is 0.105. The third-order valence-corrected chi connectivity index (χ3v) is 3.96. The normalized spacial score (nSPS) is 19.7. The zero-order valence-corrected chi connectivity index (χ0v) is 12.4. The van der Waals surface area contributed by atoms with Crippen LogP contribution in [-0.4, -0.2) is 41.6 Å². The topological polar surface area (TPSA) is 37.3 Å². The number of nitrogens with one attached hydrogen (secondary N) is 1. The maximum Gasteiger partial charge on any atom is 0.270 e.